The molecule has 0 aromatic carbocycles. The first-order valence-corrected chi connectivity index (χ1v) is 10.3. The van der Waals surface area contributed by atoms with Gasteiger partial charge >= 0.3 is 5.97 Å². The number of carbonyl (C=O) groups excluding carboxylic acids is 4. The first-order valence-electron chi connectivity index (χ1n) is 10.3. The summed E-state index contributed by atoms with van der Waals surface area (Å²) in [5, 5.41) is 16.3. The molecule has 12 heteroatoms. The van der Waals surface area contributed by atoms with Crippen LogP contribution in [0.25, 0.3) is 0 Å². The minimum atomic E-state index is -1.33. The molecule has 31 heavy (non-hydrogen) atoms. The molecule has 0 fully saturated rings. The van der Waals surface area contributed by atoms with Gasteiger partial charge in [0.05, 0.1) is 12.5 Å². The number of carboxylic acid groups (broad SMARTS) is 1. The normalized spacial score (nSPS) is 14.8. The lowest BCUT2D eigenvalue weighted by Gasteiger charge is -2.23. The Hall–Kier alpha value is -2.73. The lowest BCUT2D eigenvalue weighted by molar-refractivity contribution is -0.142. The molecule has 0 aliphatic rings. The van der Waals surface area contributed by atoms with Crippen molar-refractivity contribution in [2.75, 3.05) is 6.54 Å². The van der Waals surface area contributed by atoms with Crippen LogP contribution in [0.4, 0.5) is 0 Å². The van der Waals surface area contributed by atoms with E-state index in [1.165, 1.54) is 6.92 Å². The molecule has 0 spiro atoms. The zero-order valence-corrected chi connectivity index (χ0v) is 18.3. The number of hydrogen-bond donors (Lipinski definition) is 7. The fourth-order valence-electron chi connectivity index (χ4n) is 2.70. The summed E-state index contributed by atoms with van der Waals surface area (Å²) in [7, 11) is 0. The van der Waals surface area contributed by atoms with E-state index in [2.05, 4.69) is 16.0 Å². The van der Waals surface area contributed by atoms with Crippen molar-refractivity contribution in [3.63, 3.8) is 0 Å². The first-order chi connectivity index (χ1) is 14.4. The van der Waals surface area contributed by atoms with Gasteiger partial charge in [0.2, 0.25) is 23.6 Å². The average molecular weight is 445 g/mol. The van der Waals surface area contributed by atoms with E-state index in [0.717, 1.165) is 0 Å². The number of carboxylic acids is 1. The average Bonchev–Trinajstić information content (AvgIpc) is 2.65. The van der Waals surface area contributed by atoms with Crippen molar-refractivity contribution in [2.45, 2.75) is 77.0 Å². The summed E-state index contributed by atoms with van der Waals surface area (Å²) in [5.74, 6) is -4.18. The molecule has 0 aromatic heterocycles. The second-order valence-corrected chi connectivity index (χ2v) is 7.88. The summed E-state index contributed by atoms with van der Waals surface area (Å²) in [5.41, 5.74) is 16.3. The number of aliphatic carboxylic acids is 1. The Morgan fingerprint density at radius 3 is 1.94 bits per heavy atom. The smallest absolute Gasteiger partial charge is 0.326 e. The molecule has 0 radical (unpaired) electrons. The molecule has 4 amide bonds. The third-order valence-electron chi connectivity index (χ3n) is 4.42. The summed E-state index contributed by atoms with van der Waals surface area (Å²) in [4.78, 5) is 59.7. The zero-order chi connectivity index (χ0) is 24.1. The lowest BCUT2D eigenvalue weighted by Crippen LogP contribution is -2.57. The van der Waals surface area contributed by atoms with E-state index in [0.29, 0.717) is 25.8 Å². The summed E-state index contributed by atoms with van der Waals surface area (Å²) in [6.45, 7) is 5.43. The molecule has 178 valence electrons. The van der Waals surface area contributed by atoms with E-state index < -0.39 is 60.2 Å². The maximum atomic E-state index is 12.5. The van der Waals surface area contributed by atoms with Gasteiger partial charge < -0.3 is 38.3 Å². The van der Waals surface area contributed by atoms with Gasteiger partial charge in [-0.05, 0) is 38.6 Å². The highest BCUT2D eigenvalue weighted by atomic mass is 16.4. The number of carbonyl (C=O) groups is 5. The molecule has 0 saturated heterocycles. The maximum absolute atomic E-state index is 12.5. The van der Waals surface area contributed by atoms with Crippen LogP contribution in [0, 0.1) is 5.92 Å². The highest BCUT2D eigenvalue weighted by molar-refractivity contribution is 5.95. The van der Waals surface area contributed by atoms with Crippen LogP contribution in [-0.4, -0.2) is 65.4 Å². The first kappa shape index (κ1) is 28.3. The molecule has 4 atom stereocenters. The Kier molecular flexibility index (Phi) is 13.0. The third kappa shape index (κ3) is 11.9. The van der Waals surface area contributed by atoms with Crippen molar-refractivity contribution < 1.29 is 29.1 Å². The topological polar surface area (TPSA) is 220 Å². The van der Waals surface area contributed by atoms with Gasteiger partial charge in [0.15, 0.2) is 0 Å². The molecule has 0 bridgehead atoms. The fraction of sp³-hybridized carbons (Fsp3) is 0.737. The van der Waals surface area contributed by atoms with Gasteiger partial charge in [-0.15, -0.1) is 0 Å². The van der Waals surface area contributed by atoms with E-state index in [1.54, 1.807) is 0 Å². The Morgan fingerprint density at radius 2 is 1.45 bits per heavy atom. The van der Waals surface area contributed by atoms with Gasteiger partial charge in [-0.1, -0.05) is 20.3 Å². The van der Waals surface area contributed by atoms with Gasteiger partial charge in [0, 0.05) is 0 Å². The molecule has 10 N–H and O–H groups in total. The van der Waals surface area contributed by atoms with Crippen LogP contribution < -0.4 is 33.2 Å². The van der Waals surface area contributed by atoms with Crippen LogP contribution in [-0.2, 0) is 24.0 Å². The number of nitrogens with two attached hydrogens (primary N) is 3. The van der Waals surface area contributed by atoms with Crippen molar-refractivity contribution in [3.05, 3.63) is 0 Å². The second kappa shape index (κ2) is 14.3. The predicted molar refractivity (Wildman–Crippen MR) is 113 cm³/mol. The van der Waals surface area contributed by atoms with Crippen LogP contribution in [0.2, 0.25) is 0 Å². The number of hydrogen-bond acceptors (Lipinski definition) is 7. The van der Waals surface area contributed by atoms with Crippen LogP contribution >= 0.6 is 0 Å². The van der Waals surface area contributed by atoms with E-state index in [1.807, 2.05) is 13.8 Å². The van der Waals surface area contributed by atoms with Gasteiger partial charge in [0.25, 0.3) is 0 Å². The quantitative estimate of drug-likeness (QED) is 0.139. The van der Waals surface area contributed by atoms with Crippen molar-refractivity contribution in [2.24, 2.45) is 23.1 Å². The monoisotopic (exact) mass is 444 g/mol. The number of unbranched alkanes of at least 4 members (excludes halogenated alkanes) is 1. The summed E-state index contributed by atoms with van der Waals surface area (Å²) < 4.78 is 0. The van der Waals surface area contributed by atoms with Gasteiger partial charge in [-0.3, -0.25) is 19.2 Å². The minimum absolute atomic E-state index is 0.0236. The van der Waals surface area contributed by atoms with Crippen LogP contribution in [0.1, 0.15) is 52.9 Å². The van der Waals surface area contributed by atoms with Crippen LogP contribution in [0.3, 0.4) is 0 Å². The van der Waals surface area contributed by atoms with E-state index in [-0.39, 0.29) is 12.3 Å². The fourth-order valence-corrected chi connectivity index (χ4v) is 2.70. The standard InChI is InChI=1S/C19H36N6O6/c1-10(2)8-14(19(30)31)25-16(27)11(3)23-18(29)13(9-15(22)26)24-17(28)12(21)6-4-5-7-20/h10-14H,4-9,20-21H2,1-3H3,(H2,22,26)(H,23,29)(H,24,28)(H,25,27)(H,30,31). The Bertz CT molecular complexity index is 641. The minimum Gasteiger partial charge on any atom is -0.480 e. The van der Waals surface area contributed by atoms with Crippen molar-refractivity contribution in [1.82, 2.24) is 16.0 Å². The van der Waals surface area contributed by atoms with E-state index >= 15 is 0 Å². The number of amides is 4. The summed E-state index contributed by atoms with van der Waals surface area (Å²) in [6, 6.07) is -4.46. The number of primary amides is 1. The molecular weight excluding hydrogens is 408 g/mol. The molecule has 0 aliphatic heterocycles. The van der Waals surface area contributed by atoms with Crippen LogP contribution in [0.15, 0.2) is 0 Å². The summed E-state index contributed by atoms with van der Waals surface area (Å²) in [6.07, 6.45) is 1.37. The highest BCUT2D eigenvalue weighted by Crippen LogP contribution is 2.06. The van der Waals surface area contributed by atoms with Crippen molar-refractivity contribution in [3.8, 4) is 0 Å². The van der Waals surface area contributed by atoms with Gasteiger partial charge in [-0.2, -0.15) is 0 Å². The Morgan fingerprint density at radius 1 is 0.871 bits per heavy atom. The van der Waals surface area contributed by atoms with Crippen molar-refractivity contribution in [1.29, 1.82) is 0 Å². The Labute approximate surface area is 182 Å². The van der Waals surface area contributed by atoms with E-state index in [4.69, 9.17) is 17.2 Å². The van der Waals surface area contributed by atoms with Crippen LogP contribution in [0.5, 0.6) is 0 Å². The van der Waals surface area contributed by atoms with Crippen molar-refractivity contribution >= 4 is 29.6 Å². The molecule has 4 unspecified atom stereocenters. The molecule has 12 nitrogen and oxygen atoms in total. The van der Waals surface area contributed by atoms with Gasteiger partial charge in [0.1, 0.15) is 18.1 Å². The molecule has 0 rings (SSSR count). The highest BCUT2D eigenvalue weighted by Gasteiger charge is 2.29. The molecule has 0 aromatic rings. The zero-order valence-electron chi connectivity index (χ0n) is 18.3. The van der Waals surface area contributed by atoms with Gasteiger partial charge in [-0.25, -0.2) is 4.79 Å². The number of nitrogens with one attached hydrogen (secondary N) is 3. The molecule has 0 aliphatic carbocycles. The maximum Gasteiger partial charge on any atom is 0.326 e. The largest absolute Gasteiger partial charge is 0.480 e. The number of rotatable bonds is 15. The third-order valence-corrected chi connectivity index (χ3v) is 4.42. The predicted octanol–water partition coefficient (Wildman–Crippen LogP) is -2.08. The molecule has 0 saturated carbocycles. The lowest BCUT2D eigenvalue weighted by atomic mass is 10.0. The Balaban J connectivity index is 5.01. The molecular formula is C19H36N6O6. The summed E-state index contributed by atoms with van der Waals surface area (Å²) >= 11 is 0. The second-order valence-electron chi connectivity index (χ2n) is 7.88. The molecule has 0 heterocycles. The SMILES string of the molecule is CC(C)CC(NC(=O)C(C)NC(=O)C(CC(N)=O)NC(=O)C(N)CCCCN)C(=O)O. The van der Waals surface area contributed by atoms with E-state index in [9.17, 15) is 29.1 Å².